The number of nitrogens with zero attached hydrogens (tertiary/aromatic N) is 2. The van der Waals surface area contributed by atoms with E-state index < -0.39 is 0 Å². The van der Waals surface area contributed by atoms with Gasteiger partial charge in [-0.1, -0.05) is 12.1 Å². The molecule has 2 aliphatic heterocycles. The van der Waals surface area contributed by atoms with Crippen molar-refractivity contribution in [3.05, 3.63) is 29.8 Å². The predicted octanol–water partition coefficient (Wildman–Crippen LogP) is 3.29. The van der Waals surface area contributed by atoms with Crippen molar-refractivity contribution >= 4 is 17.6 Å². The first-order chi connectivity index (χ1) is 11.6. The largest absolute Gasteiger partial charge is 0.334 e. The van der Waals surface area contributed by atoms with Gasteiger partial charge in [-0.2, -0.15) is 0 Å². The summed E-state index contributed by atoms with van der Waals surface area (Å²) in [4.78, 5) is 28.2. The van der Waals surface area contributed by atoms with Crippen molar-refractivity contribution in [1.29, 1.82) is 0 Å². The number of hydrogen-bond donors (Lipinski definition) is 1. The second-order valence-corrected chi connectivity index (χ2v) is 6.87. The number of likely N-dealkylation sites (tertiary alicyclic amines) is 1. The molecule has 5 nitrogen and oxygen atoms in total. The minimum absolute atomic E-state index is 0.0154. The fourth-order valence-electron chi connectivity index (χ4n) is 3.59. The summed E-state index contributed by atoms with van der Waals surface area (Å²) >= 11 is 0. The standard InChI is InChI=1S/C19H27N3O2/c1-15-7-2-4-11-21(15)19(24)20-14-16-8-6-9-17(13-16)22-12-5-3-10-18(22)23/h6,8-9,13,15H,2-5,7,10-12,14H2,1H3,(H,20,24). The number of hydrogen-bond acceptors (Lipinski definition) is 2. The minimum Gasteiger partial charge on any atom is -0.334 e. The van der Waals surface area contributed by atoms with E-state index in [2.05, 4.69) is 12.2 Å². The van der Waals surface area contributed by atoms with Gasteiger partial charge >= 0.3 is 6.03 Å². The van der Waals surface area contributed by atoms with Crippen molar-refractivity contribution in [3.63, 3.8) is 0 Å². The molecule has 0 spiro atoms. The van der Waals surface area contributed by atoms with Gasteiger partial charge in [0.05, 0.1) is 0 Å². The summed E-state index contributed by atoms with van der Waals surface area (Å²) in [5, 5.41) is 3.02. The zero-order valence-corrected chi connectivity index (χ0v) is 14.5. The van der Waals surface area contributed by atoms with Crippen molar-refractivity contribution in [2.75, 3.05) is 18.0 Å². The fourth-order valence-corrected chi connectivity index (χ4v) is 3.59. The van der Waals surface area contributed by atoms with Gasteiger partial charge in [-0.15, -0.1) is 0 Å². The molecule has 3 rings (SSSR count). The quantitative estimate of drug-likeness (QED) is 0.925. The molecule has 130 valence electrons. The van der Waals surface area contributed by atoms with Gasteiger partial charge in [0.1, 0.15) is 0 Å². The van der Waals surface area contributed by atoms with E-state index in [9.17, 15) is 9.59 Å². The zero-order valence-electron chi connectivity index (χ0n) is 14.5. The lowest BCUT2D eigenvalue weighted by Crippen LogP contribution is -2.47. The number of carbonyl (C=O) groups is 2. The first kappa shape index (κ1) is 16.8. The van der Waals surface area contributed by atoms with Gasteiger partial charge in [-0.05, 0) is 56.7 Å². The SMILES string of the molecule is CC1CCCCN1C(=O)NCc1cccc(N2CCCCC2=O)c1. The van der Waals surface area contributed by atoms with E-state index in [1.165, 1.54) is 6.42 Å². The van der Waals surface area contributed by atoms with Crippen LogP contribution in [0.5, 0.6) is 0 Å². The maximum atomic E-state index is 12.4. The number of benzene rings is 1. The molecule has 2 saturated heterocycles. The molecule has 2 heterocycles. The molecular formula is C19H27N3O2. The molecule has 1 atom stereocenters. The molecule has 0 saturated carbocycles. The van der Waals surface area contributed by atoms with Crippen molar-refractivity contribution in [3.8, 4) is 0 Å². The van der Waals surface area contributed by atoms with Crippen LogP contribution in [-0.2, 0) is 11.3 Å². The maximum Gasteiger partial charge on any atom is 0.317 e. The molecule has 1 aromatic carbocycles. The van der Waals surface area contributed by atoms with Crippen molar-refractivity contribution in [2.24, 2.45) is 0 Å². The Kier molecular flexibility index (Phi) is 5.38. The van der Waals surface area contributed by atoms with Crippen LogP contribution in [0.3, 0.4) is 0 Å². The molecule has 5 heteroatoms. The highest BCUT2D eigenvalue weighted by Crippen LogP contribution is 2.22. The molecule has 2 aliphatic rings. The number of piperidine rings is 2. The molecule has 0 aromatic heterocycles. The van der Waals surface area contributed by atoms with Crippen molar-refractivity contribution < 1.29 is 9.59 Å². The summed E-state index contributed by atoms with van der Waals surface area (Å²) < 4.78 is 0. The third-order valence-corrected chi connectivity index (χ3v) is 5.05. The summed E-state index contributed by atoms with van der Waals surface area (Å²) in [6, 6.07) is 8.28. The summed E-state index contributed by atoms with van der Waals surface area (Å²) in [5.41, 5.74) is 1.97. The summed E-state index contributed by atoms with van der Waals surface area (Å²) in [5.74, 6) is 0.199. The first-order valence-corrected chi connectivity index (χ1v) is 9.09. The Labute approximate surface area is 144 Å². The van der Waals surface area contributed by atoms with Crippen molar-refractivity contribution in [1.82, 2.24) is 10.2 Å². The molecule has 1 N–H and O–H groups in total. The molecule has 2 fully saturated rings. The van der Waals surface area contributed by atoms with Crippen LogP contribution < -0.4 is 10.2 Å². The lowest BCUT2D eigenvalue weighted by molar-refractivity contribution is -0.119. The van der Waals surface area contributed by atoms with E-state index in [1.807, 2.05) is 34.1 Å². The number of nitrogens with one attached hydrogen (secondary N) is 1. The molecule has 0 bridgehead atoms. The topological polar surface area (TPSA) is 52.7 Å². The molecule has 0 aliphatic carbocycles. The fraction of sp³-hybridized carbons (Fsp3) is 0.579. The second kappa shape index (κ2) is 7.69. The number of urea groups is 1. The lowest BCUT2D eigenvalue weighted by atomic mass is 10.0. The minimum atomic E-state index is 0.0154. The van der Waals surface area contributed by atoms with Gasteiger partial charge in [0, 0.05) is 37.8 Å². The number of anilines is 1. The Bertz CT molecular complexity index is 602. The normalized spacial score (nSPS) is 21.7. The van der Waals surface area contributed by atoms with Crippen molar-refractivity contribution in [2.45, 2.75) is 58.0 Å². The number of amides is 3. The van der Waals surface area contributed by atoms with Gasteiger partial charge in [-0.3, -0.25) is 4.79 Å². The van der Waals surface area contributed by atoms with Crippen LogP contribution >= 0.6 is 0 Å². The Balaban J connectivity index is 1.60. The maximum absolute atomic E-state index is 12.4. The van der Waals surface area contributed by atoms with E-state index in [4.69, 9.17) is 0 Å². The highest BCUT2D eigenvalue weighted by Gasteiger charge is 2.23. The lowest BCUT2D eigenvalue weighted by Gasteiger charge is -2.33. The summed E-state index contributed by atoms with van der Waals surface area (Å²) in [6.07, 6.45) is 6.05. The summed E-state index contributed by atoms with van der Waals surface area (Å²) in [7, 11) is 0. The Morgan fingerprint density at radius 2 is 2.04 bits per heavy atom. The number of rotatable bonds is 3. The average molecular weight is 329 g/mol. The van der Waals surface area contributed by atoms with Crippen LogP contribution in [-0.4, -0.2) is 36.0 Å². The average Bonchev–Trinajstić information content (AvgIpc) is 2.61. The van der Waals surface area contributed by atoms with E-state index in [0.29, 0.717) is 19.0 Å². The van der Waals surface area contributed by atoms with Gasteiger partial charge in [0.15, 0.2) is 0 Å². The number of carbonyl (C=O) groups excluding carboxylic acids is 2. The smallest absolute Gasteiger partial charge is 0.317 e. The van der Waals surface area contributed by atoms with Crippen LogP contribution in [0.2, 0.25) is 0 Å². The molecule has 1 aromatic rings. The van der Waals surface area contributed by atoms with E-state index in [-0.39, 0.29) is 11.9 Å². The zero-order chi connectivity index (χ0) is 16.9. The monoisotopic (exact) mass is 329 g/mol. The third kappa shape index (κ3) is 3.89. The van der Waals surface area contributed by atoms with Gasteiger partial charge < -0.3 is 15.1 Å². The Morgan fingerprint density at radius 1 is 1.21 bits per heavy atom. The first-order valence-electron chi connectivity index (χ1n) is 9.09. The second-order valence-electron chi connectivity index (χ2n) is 6.87. The highest BCUT2D eigenvalue weighted by atomic mass is 16.2. The van der Waals surface area contributed by atoms with E-state index in [1.54, 1.807) is 0 Å². The van der Waals surface area contributed by atoms with E-state index in [0.717, 1.165) is 50.0 Å². The van der Waals surface area contributed by atoms with Crippen LogP contribution in [0, 0.1) is 0 Å². The Hall–Kier alpha value is -2.04. The van der Waals surface area contributed by atoms with Crippen LogP contribution in [0.25, 0.3) is 0 Å². The van der Waals surface area contributed by atoms with Crippen LogP contribution in [0.4, 0.5) is 10.5 Å². The van der Waals surface area contributed by atoms with Gasteiger partial charge in [-0.25, -0.2) is 4.79 Å². The molecule has 3 amide bonds. The van der Waals surface area contributed by atoms with Crippen LogP contribution in [0.15, 0.2) is 24.3 Å². The highest BCUT2D eigenvalue weighted by molar-refractivity contribution is 5.94. The van der Waals surface area contributed by atoms with E-state index >= 15 is 0 Å². The molecule has 24 heavy (non-hydrogen) atoms. The van der Waals surface area contributed by atoms with Crippen LogP contribution in [0.1, 0.15) is 51.0 Å². The predicted molar refractivity (Wildman–Crippen MR) is 94.9 cm³/mol. The third-order valence-electron chi connectivity index (χ3n) is 5.05. The molecule has 0 radical (unpaired) electrons. The van der Waals surface area contributed by atoms with Gasteiger partial charge in [0.25, 0.3) is 0 Å². The summed E-state index contributed by atoms with van der Waals surface area (Å²) in [6.45, 7) is 4.24. The molecule has 1 unspecified atom stereocenters. The van der Waals surface area contributed by atoms with Gasteiger partial charge in [0.2, 0.25) is 5.91 Å². The molecular weight excluding hydrogens is 302 g/mol. The Morgan fingerprint density at radius 3 is 2.83 bits per heavy atom.